The van der Waals surface area contributed by atoms with Crippen LogP contribution >= 0.6 is 11.8 Å². The Balaban J connectivity index is 1.92. The zero-order chi connectivity index (χ0) is 15.8. The molecule has 0 unspecified atom stereocenters. The van der Waals surface area contributed by atoms with Crippen molar-refractivity contribution in [2.24, 2.45) is 0 Å². The molecule has 0 spiro atoms. The van der Waals surface area contributed by atoms with Crippen LogP contribution in [0.5, 0.6) is 0 Å². The third kappa shape index (κ3) is 4.84. The van der Waals surface area contributed by atoms with Crippen LogP contribution < -0.4 is 5.32 Å². The maximum absolute atomic E-state index is 13.1. The molecule has 1 aromatic carbocycles. The van der Waals surface area contributed by atoms with Crippen molar-refractivity contribution in [3.05, 3.63) is 59.5 Å². The van der Waals surface area contributed by atoms with Gasteiger partial charge in [-0.3, -0.25) is 4.79 Å². The van der Waals surface area contributed by atoms with E-state index in [9.17, 15) is 9.18 Å². The average Bonchev–Trinajstić information content (AvgIpc) is 2.53. The van der Waals surface area contributed by atoms with Gasteiger partial charge in [-0.25, -0.2) is 9.37 Å². The van der Waals surface area contributed by atoms with Gasteiger partial charge in [-0.2, -0.15) is 0 Å². The van der Waals surface area contributed by atoms with Crippen molar-refractivity contribution in [3.8, 4) is 0 Å². The number of aromatic nitrogens is 1. The lowest BCUT2D eigenvalue weighted by Crippen LogP contribution is -2.26. The number of nitrogens with zero attached hydrogens (tertiary/aromatic N) is 1. The number of pyridine rings is 1. The van der Waals surface area contributed by atoms with E-state index in [-0.39, 0.29) is 11.7 Å². The van der Waals surface area contributed by atoms with Crippen LogP contribution in [0.15, 0.2) is 47.6 Å². The standard InChI is InChI=1S/C17H19FN2OS/c1-2-11-22-17-15(7-4-9-20-17)16(21)19-10-8-13-5-3-6-14(18)12-13/h3-7,9,12H,2,8,10-11H2,1H3,(H,19,21). The van der Waals surface area contributed by atoms with Crippen molar-refractivity contribution in [2.45, 2.75) is 24.8 Å². The molecule has 2 rings (SSSR count). The number of benzene rings is 1. The summed E-state index contributed by atoms with van der Waals surface area (Å²) in [5, 5.41) is 3.63. The second-order valence-corrected chi connectivity index (χ2v) is 5.92. The van der Waals surface area contributed by atoms with Crippen LogP contribution in [0.25, 0.3) is 0 Å². The zero-order valence-corrected chi connectivity index (χ0v) is 13.3. The normalized spacial score (nSPS) is 10.5. The summed E-state index contributed by atoms with van der Waals surface area (Å²) in [6.07, 6.45) is 3.32. The summed E-state index contributed by atoms with van der Waals surface area (Å²) in [6, 6.07) is 9.96. The van der Waals surface area contributed by atoms with Crippen molar-refractivity contribution in [1.82, 2.24) is 10.3 Å². The fourth-order valence-electron chi connectivity index (χ4n) is 1.99. The van der Waals surface area contributed by atoms with Gasteiger partial charge in [-0.15, -0.1) is 11.8 Å². The number of carbonyl (C=O) groups is 1. The van der Waals surface area contributed by atoms with Gasteiger partial charge in [0.1, 0.15) is 10.8 Å². The first-order valence-corrected chi connectivity index (χ1v) is 8.29. The molecule has 5 heteroatoms. The quantitative estimate of drug-likeness (QED) is 0.792. The number of amides is 1. The lowest BCUT2D eigenvalue weighted by Gasteiger charge is -2.09. The van der Waals surface area contributed by atoms with E-state index in [4.69, 9.17) is 0 Å². The third-order valence-electron chi connectivity index (χ3n) is 3.05. The molecule has 0 bridgehead atoms. The highest BCUT2D eigenvalue weighted by Gasteiger charge is 2.11. The van der Waals surface area contributed by atoms with Crippen molar-refractivity contribution >= 4 is 17.7 Å². The number of carbonyl (C=O) groups excluding carboxylic acids is 1. The van der Waals surface area contributed by atoms with Crippen molar-refractivity contribution in [3.63, 3.8) is 0 Å². The first-order chi connectivity index (χ1) is 10.7. The largest absolute Gasteiger partial charge is 0.352 e. The molecule has 0 fully saturated rings. The highest BCUT2D eigenvalue weighted by atomic mass is 32.2. The van der Waals surface area contributed by atoms with Gasteiger partial charge in [0.25, 0.3) is 5.91 Å². The van der Waals surface area contributed by atoms with Crippen molar-refractivity contribution < 1.29 is 9.18 Å². The van der Waals surface area contributed by atoms with E-state index >= 15 is 0 Å². The molecule has 0 aliphatic heterocycles. The molecule has 1 N–H and O–H groups in total. The van der Waals surface area contributed by atoms with Crippen LogP contribution in [0.4, 0.5) is 4.39 Å². The summed E-state index contributed by atoms with van der Waals surface area (Å²) in [5.74, 6) is 0.540. The van der Waals surface area contributed by atoms with E-state index in [0.29, 0.717) is 18.5 Å². The maximum Gasteiger partial charge on any atom is 0.254 e. The third-order valence-corrected chi connectivity index (χ3v) is 4.26. The molecule has 0 aliphatic carbocycles. The van der Waals surface area contributed by atoms with E-state index in [1.54, 1.807) is 36.2 Å². The topological polar surface area (TPSA) is 42.0 Å². The fraction of sp³-hybridized carbons (Fsp3) is 0.294. The van der Waals surface area contributed by atoms with E-state index < -0.39 is 0 Å². The van der Waals surface area contributed by atoms with E-state index in [1.165, 1.54) is 12.1 Å². The molecule has 0 saturated carbocycles. The molecule has 0 aliphatic rings. The minimum Gasteiger partial charge on any atom is -0.352 e. The molecule has 22 heavy (non-hydrogen) atoms. The molecule has 0 radical (unpaired) electrons. The van der Waals surface area contributed by atoms with Gasteiger partial charge in [-0.05, 0) is 48.4 Å². The highest BCUT2D eigenvalue weighted by Crippen LogP contribution is 2.20. The number of halogens is 1. The lowest BCUT2D eigenvalue weighted by atomic mass is 10.1. The summed E-state index contributed by atoms with van der Waals surface area (Å²) in [5.41, 5.74) is 1.47. The van der Waals surface area contributed by atoms with Gasteiger partial charge in [-0.1, -0.05) is 19.1 Å². The number of rotatable bonds is 7. The summed E-state index contributed by atoms with van der Waals surface area (Å²) in [7, 11) is 0. The monoisotopic (exact) mass is 318 g/mol. The van der Waals surface area contributed by atoms with Crippen molar-refractivity contribution in [2.75, 3.05) is 12.3 Å². The zero-order valence-electron chi connectivity index (χ0n) is 12.5. The molecule has 116 valence electrons. The molecule has 0 saturated heterocycles. The molecule has 3 nitrogen and oxygen atoms in total. The Bertz CT molecular complexity index is 634. The summed E-state index contributed by atoms with van der Waals surface area (Å²) >= 11 is 1.59. The Morgan fingerprint density at radius 2 is 2.18 bits per heavy atom. The molecule has 1 amide bonds. The number of hydrogen-bond donors (Lipinski definition) is 1. The van der Waals surface area contributed by atoms with E-state index in [0.717, 1.165) is 22.8 Å². The molecule has 1 aromatic heterocycles. The van der Waals surface area contributed by atoms with E-state index in [2.05, 4.69) is 17.2 Å². The summed E-state index contributed by atoms with van der Waals surface area (Å²) in [6.45, 7) is 2.56. The summed E-state index contributed by atoms with van der Waals surface area (Å²) in [4.78, 5) is 16.5. The average molecular weight is 318 g/mol. The first-order valence-electron chi connectivity index (χ1n) is 7.31. The number of nitrogens with one attached hydrogen (secondary N) is 1. The number of hydrogen-bond acceptors (Lipinski definition) is 3. The van der Waals surface area contributed by atoms with Gasteiger partial charge in [0.2, 0.25) is 0 Å². The Morgan fingerprint density at radius 3 is 2.95 bits per heavy atom. The van der Waals surface area contributed by atoms with Gasteiger partial charge < -0.3 is 5.32 Å². The first kappa shape index (κ1) is 16.5. The second kappa shape index (κ2) is 8.54. The Labute approximate surface area is 134 Å². The minimum absolute atomic E-state index is 0.136. The van der Waals surface area contributed by atoms with Crippen LogP contribution in [0.1, 0.15) is 29.3 Å². The lowest BCUT2D eigenvalue weighted by molar-refractivity contribution is 0.0950. The fourth-order valence-corrected chi connectivity index (χ4v) is 2.83. The summed E-state index contributed by atoms with van der Waals surface area (Å²) < 4.78 is 13.1. The van der Waals surface area contributed by atoms with Crippen molar-refractivity contribution in [1.29, 1.82) is 0 Å². The predicted molar refractivity (Wildman–Crippen MR) is 87.7 cm³/mol. The Morgan fingerprint density at radius 1 is 1.32 bits per heavy atom. The van der Waals surface area contributed by atoms with Crippen LogP contribution in [0, 0.1) is 5.82 Å². The molecule has 0 atom stereocenters. The van der Waals surface area contributed by atoms with E-state index in [1.807, 2.05) is 6.07 Å². The maximum atomic E-state index is 13.1. The predicted octanol–water partition coefficient (Wildman–Crippen LogP) is 3.70. The van der Waals surface area contributed by atoms with Crippen LogP contribution in [-0.4, -0.2) is 23.2 Å². The minimum atomic E-state index is -0.255. The highest BCUT2D eigenvalue weighted by molar-refractivity contribution is 7.99. The SMILES string of the molecule is CCCSc1ncccc1C(=O)NCCc1cccc(F)c1. The second-order valence-electron chi connectivity index (χ2n) is 4.84. The molecular formula is C17H19FN2OS. The molecular weight excluding hydrogens is 299 g/mol. The Hall–Kier alpha value is -1.88. The Kier molecular flexibility index (Phi) is 6.40. The van der Waals surface area contributed by atoms with Gasteiger partial charge in [0, 0.05) is 12.7 Å². The van der Waals surface area contributed by atoms with Gasteiger partial charge in [0.05, 0.1) is 5.56 Å². The smallest absolute Gasteiger partial charge is 0.254 e. The van der Waals surface area contributed by atoms with Crippen LogP contribution in [0.3, 0.4) is 0 Å². The van der Waals surface area contributed by atoms with Crippen LogP contribution in [-0.2, 0) is 6.42 Å². The van der Waals surface area contributed by atoms with Gasteiger partial charge in [0.15, 0.2) is 0 Å². The molecule has 2 aromatic rings. The van der Waals surface area contributed by atoms with Crippen LogP contribution in [0.2, 0.25) is 0 Å². The molecule has 1 heterocycles. The van der Waals surface area contributed by atoms with Gasteiger partial charge >= 0.3 is 0 Å². The number of thioether (sulfide) groups is 1.